The van der Waals surface area contributed by atoms with E-state index < -0.39 is 4.92 Å². The van der Waals surface area contributed by atoms with Crippen LogP contribution in [0.15, 0.2) is 30.5 Å². The van der Waals surface area contributed by atoms with Crippen molar-refractivity contribution in [3.05, 3.63) is 51.7 Å². The number of hydrogen-bond donors (Lipinski definition) is 1. The first-order valence-corrected chi connectivity index (χ1v) is 6.37. The third-order valence-corrected chi connectivity index (χ3v) is 3.22. The fourth-order valence-electron chi connectivity index (χ4n) is 2.15. The number of benzene rings is 1. The van der Waals surface area contributed by atoms with Gasteiger partial charge in [0.1, 0.15) is 12.0 Å². The maximum absolute atomic E-state index is 10.8. The maximum atomic E-state index is 10.8. The van der Waals surface area contributed by atoms with Crippen LogP contribution in [0.25, 0.3) is 0 Å². The number of para-hydroxylation sites is 1. The fraction of sp³-hybridized carbons (Fsp3) is 0.214. The van der Waals surface area contributed by atoms with E-state index in [4.69, 9.17) is 9.47 Å². The molecular formula is C14H13N3O4. The molecule has 0 radical (unpaired) electrons. The Morgan fingerprint density at radius 1 is 1.43 bits per heavy atom. The largest absolute Gasteiger partial charge is 0.454 e. The lowest BCUT2D eigenvalue weighted by Gasteiger charge is -2.08. The van der Waals surface area contributed by atoms with Crippen molar-refractivity contribution in [2.75, 3.05) is 12.1 Å². The van der Waals surface area contributed by atoms with Crippen LogP contribution in [0.2, 0.25) is 0 Å². The van der Waals surface area contributed by atoms with Crippen molar-refractivity contribution < 1.29 is 14.4 Å². The summed E-state index contributed by atoms with van der Waals surface area (Å²) >= 11 is 0. The summed E-state index contributed by atoms with van der Waals surface area (Å²) in [5.74, 6) is 2.03. The SMILES string of the molecule is Cc1cc(NCc2cccc3c2OCO3)ncc1[N+](=O)[O-]. The van der Waals surface area contributed by atoms with E-state index in [1.54, 1.807) is 13.0 Å². The Balaban J connectivity index is 1.75. The number of anilines is 1. The van der Waals surface area contributed by atoms with Crippen LogP contribution in [-0.2, 0) is 6.54 Å². The van der Waals surface area contributed by atoms with Gasteiger partial charge in [-0.05, 0) is 19.1 Å². The van der Waals surface area contributed by atoms with Crippen LogP contribution >= 0.6 is 0 Å². The van der Waals surface area contributed by atoms with Crippen molar-refractivity contribution in [2.45, 2.75) is 13.5 Å². The Labute approximate surface area is 120 Å². The van der Waals surface area contributed by atoms with E-state index in [2.05, 4.69) is 10.3 Å². The number of nitrogens with zero attached hydrogens (tertiary/aromatic N) is 2. The van der Waals surface area contributed by atoms with Gasteiger partial charge in [-0.15, -0.1) is 0 Å². The zero-order valence-corrected chi connectivity index (χ0v) is 11.3. The fourth-order valence-corrected chi connectivity index (χ4v) is 2.15. The predicted octanol–water partition coefficient (Wildman–Crippen LogP) is 2.64. The third kappa shape index (κ3) is 2.58. The molecule has 0 bridgehead atoms. The van der Waals surface area contributed by atoms with Crippen LogP contribution in [-0.4, -0.2) is 16.7 Å². The molecule has 0 atom stereocenters. The van der Waals surface area contributed by atoms with Crippen LogP contribution in [0, 0.1) is 17.0 Å². The first-order chi connectivity index (χ1) is 10.1. The van der Waals surface area contributed by atoms with Crippen molar-refractivity contribution in [1.82, 2.24) is 4.98 Å². The number of ether oxygens (including phenoxy) is 2. The van der Waals surface area contributed by atoms with Gasteiger partial charge in [0.25, 0.3) is 5.69 Å². The second-order valence-corrected chi connectivity index (χ2v) is 4.62. The van der Waals surface area contributed by atoms with Crippen molar-refractivity contribution in [2.24, 2.45) is 0 Å². The van der Waals surface area contributed by atoms with Gasteiger partial charge in [-0.1, -0.05) is 12.1 Å². The highest BCUT2D eigenvalue weighted by atomic mass is 16.7. The molecule has 0 fully saturated rings. The van der Waals surface area contributed by atoms with Gasteiger partial charge in [-0.3, -0.25) is 10.1 Å². The molecule has 1 aromatic carbocycles. The van der Waals surface area contributed by atoms with Gasteiger partial charge < -0.3 is 14.8 Å². The maximum Gasteiger partial charge on any atom is 0.290 e. The average molecular weight is 287 g/mol. The Morgan fingerprint density at radius 2 is 2.29 bits per heavy atom. The molecule has 0 unspecified atom stereocenters. The molecule has 7 heteroatoms. The highest BCUT2D eigenvalue weighted by Gasteiger charge is 2.17. The molecular weight excluding hydrogens is 274 g/mol. The van der Waals surface area contributed by atoms with Gasteiger partial charge >= 0.3 is 0 Å². The lowest BCUT2D eigenvalue weighted by atomic mass is 10.2. The molecule has 3 rings (SSSR count). The van der Waals surface area contributed by atoms with Crippen LogP contribution in [0.5, 0.6) is 11.5 Å². The number of aryl methyl sites for hydroxylation is 1. The van der Waals surface area contributed by atoms with Crippen LogP contribution in [0.4, 0.5) is 11.5 Å². The topological polar surface area (TPSA) is 86.5 Å². The molecule has 0 amide bonds. The van der Waals surface area contributed by atoms with Gasteiger partial charge in [-0.2, -0.15) is 0 Å². The number of nitrogens with one attached hydrogen (secondary N) is 1. The van der Waals surface area contributed by atoms with E-state index in [0.717, 1.165) is 17.1 Å². The van der Waals surface area contributed by atoms with Crippen molar-refractivity contribution >= 4 is 11.5 Å². The molecule has 0 aliphatic carbocycles. The Bertz CT molecular complexity index is 703. The van der Waals surface area contributed by atoms with Crippen molar-refractivity contribution in [3.63, 3.8) is 0 Å². The second-order valence-electron chi connectivity index (χ2n) is 4.62. The number of rotatable bonds is 4. The number of pyridine rings is 1. The molecule has 0 spiro atoms. The van der Waals surface area contributed by atoms with Crippen LogP contribution < -0.4 is 14.8 Å². The number of fused-ring (bicyclic) bond motifs is 1. The molecule has 1 N–H and O–H groups in total. The number of aromatic nitrogens is 1. The highest BCUT2D eigenvalue weighted by molar-refractivity contribution is 5.51. The summed E-state index contributed by atoms with van der Waals surface area (Å²) in [4.78, 5) is 14.4. The first kappa shape index (κ1) is 13.2. The quantitative estimate of drug-likeness (QED) is 0.687. The van der Waals surface area contributed by atoms with Crippen LogP contribution in [0.3, 0.4) is 0 Å². The summed E-state index contributed by atoms with van der Waals surface area (Å²) in [7, 11) is 0. The zero-order valence-electron chi connectivity index (χ0n) is 11.3. The second kappa shape index (κ2) is 5.28. The molecule has 2 aromatic rings. The minimum absolute atomic E-state index is 0.0119. The van der Waals surface area contributed by atoms with Crippen LogP contribution in [0.1, 0.15) is 11.1 Å². The Morgan fingerprint density at radius 3 is 3.05 bits per heavy atom. The average Bonchev–Trinajstić information content (AvgIpc) is 2.93. The summed E-state index contributed by atoms with van der Waals surface area (Å²) in [6.45, 7) is 2.40. The molecule has 2 heterocycles. The molecule has 1 aliphatic rings. The standard InChI is InChI=1S/C14H13N3O4/c1-9-5-13(16-7-11(9)17(18)19)15-6-10-3-2-4-12-14(10)21-8-20-12/h2-5,7H,6,8H2,1H3,(H,15,16). The van der Waals surface area contributed by atoms with Gasteiger partial charge in [0.05, 0.1) is 4.92 Å². The molecule has 0 saturated carbocycles. The lowest BCUT2D eigenvalue weighted by Crippen LogP contribution is -2.04. The van der Waals surface area contributed by atoms with E-state index in [1.807, 2.05) is 18.2 Å². The summed E-state index contributed by atoms with van der Waals surface area (Å²) < 4.78 is 10.7. The number of hydrogen-bond acceptors (Lipinski definition) is 6. The van der Waals surface area contributed by atoms with Gasteiger partial charge in [-0.25, -0.2) is 4.98 Å². The molecule has 1 aliphatic heterocycles. The van der Waals surface area contributed by atoms with E-state index in [-0.39, 0.29) is 12.5 Å². The summed E-state index contributed by atoms with van der Waals surface area (Å²) in [5.41, 5.74) is 1.52. The summed E-state index contributed by atoms with van der Waals surface area (Å²) in [5, 5.41) is 13.9. The zero-order chi connectivity index (χ0) is 14.8. The lowest BCUT2D eigenvalue weighted by molar-refractivity contribution is -0.385. The minimum Gasteiger partial charge on any atom is -0.454 e. The summed E-state index contributed by atoms with van der Waals surface area (Å²) in [6.07, 6.45) is 1.26. The molecule has 1 aromatic heterocycles. The normalized spacial score (nSPS) is 12.2. The molecule has 21 heavy (non-hydrogen) atoms. The summed E-state index contributed by atoms with van der Waals surface area (Å²) in [6, 6.07) is 7.32. The van der Waals surface area contributed by atoms with Gasteiger partial charge in [0.2, 0.25) is 6.79 Å². The van der Waals surface area contributed by atoms with Gasteiger partial charge in [0.15, 0.2) is 11.5 Å². The Hall–Kier alpha value is -2.83. The van der Waals surface area contributed by atoms with E-state index >= 15 is 0 Å². The molecule has 7 nitrogen and oxygen atoms in total. The van der Waals surface area contributed by atoms with E-state index in [0.29, 0.717) is 17.9 Å². The smallest absolute Gasteiger partial charge is 0.290 e. The molecule has 108 valence electrons. The third-order valence-electron chi connectivity index (χ3n) is 3.22. The van der Waals surface area contributed by atoms with E-state index in [1.165, 1.54) is 6.20 Å². The van der Waals surface area contributed by atoms with E-state index in [9.17, 15) is 10.1 Å². The van der Waals surface area contributed by atoms with Crippen molar-refractivity contribution in [3.8, 4) is 11.5 Å². The monoisotopic (exact) mass is 287 g/mol. The number of nitro groups is 1. The predicted molar refractivity (Wildman–Crippen MR) is 75.5 cm³/mol. The van der Waals surface area contributed by atoms with Gasteiger partial charge in [0, 0.05) is 17.7 Å². The minimum atomic E-state index is -0.443. The Kier molecular flexibility index (Phi) is 3.31. The molecule has 0 saturated heterocycles. The highest BCUT2D eigenvalue weighted by Crippen LogP contribution is 2.35. The van der Waals surface area contributed by atoms with Crippen molar-refractivity contribution in [1.29, 1.82) is 0 Å². The first-order valence-electron chi connectivity index (χ1n) is 6.37.